The van der Waals surface area contributed by atoms with Gasteiger partial charge in [-0.05, 0) is 56.4 Å². The molecule has 0 unspecified atom stereocenters. The average Bonchev–Trinajstić information content (AvgIpc) is 3.00. The van der Waals surface area contributed by atoms with E-state index in [9.17, 15) is 9.18 Å². The summed E-state index contributed by atoms with van der Waals surface area (Å²) in [6, 6.07) is 14.4. The van der Waals surface area contributed by atoms with Crippen LogP contribution in [0.5, 0.6) is 5.75 Å². The Morgan fingerprint density at radius 2 is 1.92 bits per heavy atom. The second-order valence-electron chi connectivity index (χ2n) is 9.05. The minimum atomic E-state index is -0.463. The summed E-state index contributed by atoms with van der Waals surface area (Å²) in [4.78, 5) is 21.5. The maximum Gasteiger partial charge on any atom is 0.257 e. The van der Waals surface area contributed by atoms with Crippen LogP contribution >= 0.6 is 13.5 Å². The summed E-state index contributed by atoms with van der Waals surface area (Å²) in [5.41, 5.74) is 1.56. The maximum absolute atomic E-state index is 15.2. The maximum atomic E-state index is 15.2. The number of amides is 1. The van der Waals surface area contributed by atoms with Gasteiger partial charge >= 0.3 is 0 Å². The van der Waals surface area contributed by atoms with Crippen molar-refractivity contribution in [2.75, 3.05) is 50.5 Å². The number of carbonyl (C=O) groups is 1. The van der Waals surface area contributed by atoms with Gasteiger partial charge in [0.25, 0.3) is 5.91 Å². The molecule has 10 heteroatoms. The molecule has 1 aliphatic rings. The largest absolute Gasteiger partial charge is 0.486 e. The Kier molecular flexibility index (Phi) is 10.3. The zero-order chi connectivity index (χ0) is 26.4. The molecule has 204 valence electrons. The molecule has 2 heterocycles. The number of nitrogens with one attached hydrogen (secondary N) is 2. The van der Waals surface area contributed by atoms with Crippen molar-refractivity contribution in [3.8, 4) is 5.75 Å². The molecule has 0 bridgehead atoms. The molecule has 4 rings (SSSR count). The second-order valence-corrected chi connectivity index (χ2v) is 9.05. The van der Waals surface area contributed by atoms with Crippen molar-refractivity contribution < 1.29 is 18.3 Å². The van der Waals surface area contributed by atoms with Gasteiger partial charge in [-0.15, -0.1) is 0 Å². The first-order chi connectivity index (χ1) is 17.9. The van der Waals surface area contributed by atoms with Crippen LogP contribution < -0.4 is 20.3 Å². The highest BCUT2D eigenvalue weighted by Crippen LogP contribution is 2.29. The van der Waals surface area contributed by atoms with E-state index in [0.717, 1.165) is 6.54 Å². The van der Waals surface area contributed by atoms with Crippen molar-refractivity contribution in [2.45, 2.75) is 26.0 Å². The van der Waals surface area contributed by atoms with Crippen LogP contribution in [0, 0.1) is 11.6 Å². The van der Waals surface area contributed by atoms with Crippen molar-refractivity contribution in [3.63, 3.8) is 0 Å². The van der Waals surface area contributed by atoms with Gasteiger partial charge < -0.3 is 25.2 Å². The molecule has 38 heavy (non-hydrogen) atoms. The smallest absolute Gasteiger partial charge is 0.257 e. The Morgan fingerprint density at radius 1 is 1.11 bits per heavy atom. The lowest BCUT2D eigenvalue weighted by molar-refractivity contribution is 0.0753. The highest BCUT2D eigenvalue weighted by atomic mass is 32.1. The molecule has 2 aromatic carbocycles. The third-order valence-corrected chi connectivity index (χ3v) is 6.36. The molecule has 1 aromatic heterocycles. The van der Waals surface area contributed by atoms with Crippen molar-refractivity contribution >= 4 is 31.0 Å². The van der Waals surface area contributed by atoms with Crippen LogP contribution in [0.3, 0.4) is 0 Å². The molecule has 1 atom stereocenters. The lowest BCUT2D eigenvalue weighted by atomic mass is 10.1. The van der Waals surface area contributed by atoms with Crippen LogP contribution in [-0.4, -0.2) is 56.1 Å². The number of anilines is 2. The van der Waals surface area contributed by atoms with Crippen LogP contribution in [0.2, 0.25) is 0 Å². The van der Waals surface area contributed by atoms with E-state index >= 15 is 4.39 Å². The Bertz CT molecular complexity index is 1250. The normalized spacial score (nSPS) is 13.9. The van der Waals surface area contributed by atoms with E-state index in [1.54, 1.807) is 41.3 Å². The highest BCUT2D eigenvalue weighted by molar-refractivity contribution is 7.59. The first-order valence-corrected chi connectivity index (χ1v) is 12.5. The van der Waals surface area contributed by atoms with Gasteiger partial charge in [-0.2, -0.15) is 13.5 Å². The molecule has 0 aliphatic carbocycles. The summed E-state index contributed by atoms with van der Waals surface area (Å²) in [7, 11) is 3.72. The number of rotatable bonds is 10. The van der Waals surface area contributed by atoms with E-state index in [1.807, 2.05) is 25.9 Å². The fraction of sp³-hybridized carbons (Fsp3) is 0.357. The fourth-order valence-corrected chi connectivity index (χ4v) is 4.36. The fourth-order valence-electron chi connectivity index (χ4n) is 4.36. The van der Waals surface area contributed by atoms with Gasteiger partial charge in [-0.1, -0.05) is 18.2 Å². The van der Waals surface area contributed by atoms with E-state index < -0.39 is 11.9 Å². The SMILES string of the molecule is CCNc1ccc2c(n1)N(C)CCN(Cc1ccc(O[C@@H](CCNC)c3cccc(F)c3)cc1F)C2=O.S. The molecule has 1 amide bonds. The number of halogens is 2. The van der Waals surface area contributed by atoms with Gasteiger partial charge in [0.1, 0.15) is 35.1 Å². The Hall–Kier alpha value is -3.37. The molecule has 3 aromatic rings. The predicted molar refractivity (Wildman–Crippen MR) is 152 cm³/mol. The number of benzene rings is 2. The van der Waals surface area contributed by atoms with Crippen LogP contribution in [0.1, 0.15) is 40.9 Å². The minimum Gasteiger partial charge on any atom is -0.486 e. The van der Waals surface area contributed by atoms with Crippen LogP contribution in [0.15, 0.2) is 54.6 Å². The molecule has 0 radical (unpaired) electrons. The molecular weight excluding hydrogens is 508 g/mol. The molecule has 7 nitrogen and oxygen atoms in total. The molecule has 1 aliphatic heterocycles. The summed E-state index contributed by atoms with van der Waals surface area (Å²) in [5.74, 6) is 0.670. The summed E-state index contributed by atoms with van der Waals surface area (Å²) in [6.07, 6.45) is 0.148. The lowest BCUT2D eigenvalue weighted by Gasteiger charge is -2.22. The van der Waals surface area contributed by atoms with Gasteiger partial charge in [0.2, 0.25) is 0 Å². The van der Waals surface area contributed by atoms with Crippen LogP contribution in [-0.2, 0) is 6.54 Å². The van der Waals surface area contributed by atoms with Gasteiger partial charge in [-0.25, -0.2) is 13.8 Å². The zero-order valence-corrected chi connectivity index (χ0v) is 22.9. The molecule has 0 saturated carbocycles. The lowest BCUT2D eigenvalue weighted by Crippen LogP contribution is -2.33. The van der Waals surface area contributed by atoms with E-state index in [0.29, 0.717) is 60.1 Å². The third-order valence-electron chi connectivity index (χ3n) is 6.36. The van der Waals surface area contributed by atoms with Crippen molar-refractivity contribution in [3.05, 3.63) is 82.9 Å². The number of carbonyl (C=O) groups excluding carboxylic acids is 1. The Morgan fingerprint density at radius 3 is 2.63 bits per heavy atom. The van der Waals surface area contributed by atoms with E-state index in [1.165, 1.54) is 18.2 Å². The number of hydrogen-bond acceptors (Lipinski definition) is 6. The van der Waals surface area contributed by atoms with E-state index in [4.69, 9.17) is 4.74 Å². The van der Waals surface area contributed by atoms with Gasteiger partial charge in [-0.3, -0.25) is 4.79 Å². The molecular formula is C28H35F2N5O2S. The zero-order valence-electron chi connectivity index (χ0n) is 21.9. The number of aromatic nitrogens is 1. The topological polar surface area (TPSA) is 69.7 Å². The highest BCUT2D eigenvalue weighted by Gasteiger charge is 2.27. The predicted octanol–water partition coefficient (Wildman–Crippen LogP) is 4.73. The summed E-state index contributed by atoms with van der Waals surface area (Å²) < 4.78 is 35.0. The van der Waals surface area contributed by atoms with Gasteiger partial charge in [0.15, 0.2) is 0 Å². The van der Waals surface area contributed by atoms with Crippen LogP contribution in [0.25, 0.3) is 0 Å². The minimum absolute atomic E-state index is 0. The number of ether oxygens (including phenoxy) is 1. The Labute approximate surface area is 229 Å². The average molecular weight is 544 g/mol. The monoisotopic (exact) mass is 543 g/mol. The summed E-state index contributed by atoms with van der Waals surface area (Å²) in [5, 5.41) is 6.24. The number of hydrogen-bond donors (Lipinski definition) is 2. The number of nitrogens with zero attached hydrogens (tertiary/aromatic N) is 3. The van der Waals surface area contributed by atoms with Crippen LogP contribution in [0.4, 0.5) is 20.4 Å². The molecule has 0 fully saturated rings. The second kappa shape index (κ2) is 13.4. The quantitative estimate of drug-likeness (QED) is 0.386. The number of pyridine rings is 1. The Balaban J connectivity index is 0.00000400. The molecule has 2 N–H and O–H groups in total. The summed E-state index contributed by atoms with van der Waals surface area (Å²) >= 11 is 0. The first kappa shape index (κ1) is 29.2. The molecule has 0 spiro atoms. The number of likely N-dealkylation sites (N-methyl/N-ethyl adjacent to an activating group) is 1. The number of fused-ring (bicyclic) bond motifs is 1. The van der Waals surface area contributed by atoms with E-state index in [2.05, 4.69) is 15.6 Å². The van der Waals surface area contributed by atoms with Gasteiger partial charge in [0.05, 0.1) is 5.56 Å². The van der Waals surface area contributed by atoms with Crippen molar-refractivity contribution in [1.29, 1.82) is 0 Å². The molecule has 0 saturated heterocycles. The van der Waals surface area contributed by atoms with Gasteiger partial charge in [0, 0.05) is 51.3 Å². The first-order valence-electron chi connectivity index (χ1n) is 12.5. The third kappa shape index (κ3) is 6.93. The standard InChI is InChI=1S/C28H33F2N5O2.H2S/c1-4-32-26-11-10-23-27(33-26)34(3)14-15-35(28(23)36)18-20-8-9-22(17-24(20)30)37-25(12-13-31-2)19-6-5-7-21(29)16-19;/h5-11,16-17,25,31H,4,12-15,18H2,1-3H3,(H,32,33);1H2/t25-;/m0./s1. The van der Waals surface area contributed by atoms with E-state index in [-0.39, 0.29) is 31.8 Å². The van der Waals surface area contributed by atoms with Crippen molar-refractivity contribution in [2.24, 2.45) is 0 Å². The summed E-state index contributed by atoms with van der Waals surface area (Å²) in [6.45, 7) is 4.50. The van der Waals surface area contributed by atoms with Crippen molar-refractivity contribution in [1.82, 2.24) is 15.2 Å².